The van der Waals surface area contributed by atoms with Gasteiger partial charge in [-0.15, -0.1) is 0 Å². The van der Waals surface area contributed by atoms with Crippen LogP contribution >= 0.6 is 0 Å². The molecular weight excluding hydrogens is 379 g/mol. The van der Waals surface area contributed by atoms with Gasteiger partial charge in [0.1, 0.15) is 18.2 Å². The Morgan fingerprint density at radius 2 is 1.77 bits per heavy atom. The minimum absolute atomic E-state index is 0.138. The summed E-state index contributed by atoms with van der Waals surface area (Å²) in [6.45, 7) is 8.99. The van der Waals surface area contributed by atoms with E-state index in [1.54, 1.807) is 4.90 Å². The van der Waals surface area contributed by atoms with Crippen LogP contribution in [0.1, 0.15) is 54.6 Å². The van der Waals surface area contributed by atoms with Gasteiger partial charge in [0.05, 0.1) is 12.1 Å². The topological polar surface area (TPSA) is 32.8 Å². The van der Waals surface area contributed by atoms with Crippen LogP contribution in [0.5, 0.6) is 5.75 Å². The van der Waals surface area contributed by atoms with Gasteiger partial charge in [-0.2, -0.15) is 0 Å². The molecule has 0 N–H and O–H groups in total. The Labute approximate surface area is 179 Å². The molecule has 2 aliphatic rings. The summed E-state index contributed by atoms with van der Waals surface area (Å²) in [5.74, 6) is -0.0675. The van der Waals surface area contributed by atoms with Gasteiger partial charge < -0.3 is 9.64 Å². The lowest BCUT2D eigenvalue weighted by molar-refractivity contribution is 0.0746. The van der Waals surface area contributed by atoms with Crippen molar-refractivity contribution in [3.8, 4) is 5.75 Å². The minimum atomic E-state index is -0.408. The van der Waals surface area contributed by atoms with Gasteiger partial charge in [0.25, 0.3) is 5.91 Å². The van der Waals surface area contributed by atoms with Gasteiger partial charge in [0.2, 0.25) is 0 Å². The first-order valence-corrected chi connectivity index (χ1v) is 11.1. The second-order valence-electron chi connectivity index (χ2n) is 7.93. The van der Waals surface area contributed by atoms with Crippen molar-refractivity contribution >= 4 is 5.91 Å². The first kappa shape index (κ1) is 22.3. The molecule has 0 aromatic heterocycles. The zero-order valence-corrected chi connectivity index (χ0v) is 18.2. The molecule has 2 aliphatic heterocycles. The highest BCUT2D eigenvalue weighted by molar-refractivity contribution is 5.97. The molecule has 5 heteroatoms. The van der Waals surface area contributed by atoms with Gasteiger partial charge >= 0.3 is 0 Å². The van der Waals surface area contributed by atoms with Crippen LogP contribution < -0.4 is 4.74 Å². The van der Waals surface area contributed by atoms with Gasteiger partial charge in [0.15, 0.2) is 0 Å². The maximum Gasteiger partial charge on any atom is 0.257 e. The average Bonchev–Trinajstić information content (AvgIpc) is 2.93. The van der Waals surface area contributed by atoms with E-state index in [4.69, 9.17) is 4.74 Å². The maximum atomic E-state index is 13.5. The third kappa shape index (κ3) is 5.82. The Balaban J connectivity index is 0.000000589. The van der Waals surface area contributed by atoms with Gasteiger partial charge in [-0.1, -0.05) is 51.0 Å². The van der Waals surface area contributed by atoms with Crippen molar-refractivity contribution in [3.05, 3.63) is 65.0 Å². The number of nitrogens with zero attached hydrogens (tertiary/aromatic N) is 2. The SMILES string of the molecule is CCCC.O=C1c2cc(F)ccc2OCCN1CCCN1CCc2ccccc2C1. The van der Waals surface area contributed by atoms with Crippen LogP contribution in [-0.2, 0) is 13.0 Å². The van der Waals surface area contributed by atoms with E-state index in [1.165, 1.54) is 42.2 Å². The van der Waals surface area contributed by atoms with E-state index >= 15 is 0 Å². The van der Waals surface area contributed by atoms with E-state index in [2.05, 4.69) is 43.0 Å². The molecule has 0 atom stereocenters. The molecule has 0 bridgehead atoms. The quantitative estimate of drug-likeness (QED) is 0.699. The number of hydrogen-bond acceptors (Lipinski definition) is 3. The fraction of sp³-hybridized carbons (Fsp3) is 0.480. The van der Waals surface area contributed by atoms with Gasteiger partial charge in [-0.25, -0.2) is 4.39 Å². The summed E-state index contributed by atoms with van der Waals surface area (Å²) in [5.41, 5.74) is 3.18. The number of carbonyl (C=O) groups is 1. The highest BCUT2D eigenvalue weighted by Gasteiger charge is 2.24. The van der Waals surface area contributed by atoms with E-state index in [9.17, 15) is 9.18 Å². The number of halogens is 1. The van der Waals surface area contributed by atoms with E-state index in [-0.39, 0.29) is 5.91 Å². The van der Waals surface area contributed by atoms with E-state index < -0.39 is 5.82 Å². The van der Waals surface area contributed by atoms with Gasteiger partial charge in [0, 0.05) is 26.2 Å². The van der Waals surface area contributed by atoms with Crippen LogP contribution in [0.15, 0.2) is 42.5 Å². The molecule has 0 spiro atoms. The molecule has 1 amide bonds. The minimum Gasteiger partial charge on any atom is -0.491 e. The molecule has 0 saturated heterocycles. The molecule has 0 saturated carbocycles. The first-order valence-electron chi connectivity index (χ1n) is 11.1. The highest BCUT2D eigenvalue weighted by atomic mass is 19.1. The molecule has 0 fully saturated rings. The molecule has 30 heavy (non-hydrogen) atoms. The molecule has 162 valence electrons. The molecule has 4 nitrogen and oxygen atoms in total. The third-order valence-electron chi connectivity index (χ3n) is 5.69. The van der Waals surface area contributed by atoms with Crippen LogP contribution in [0.3, 0.4) is 0 Å². The van der Waals surface area contributed by atoms with Crippen LogP contribution in [0, 0.1) is 5.82 Å². The molecule has 2 aromatic carbocycles. The fourth-order valence-corrected chi connectivity index (χ4v) is 3.78. The summed E-state index contributed by atoms with van der Waals surface area (Å²) in [7, 11) is 0. The van der Waals surface area contributed by atoms with Crippen molar-refractivity contribution in [2.24, 2.45) is 0 Å². The summed E-state index contributed by atoms with van der Waals surface area (Å²) < 4.78 is 19.1. The maximum absolute atomic E-state index is 13.5. The average molecular weight is 413 g/mol. The zero-order chi connectivity index (χ0) is 21.3. The number of ether oxygens (including phenoxy) is 1. The fourth-order valence-electron chi connectivity index (χ4n) is 3.78. The molecule has 0 aliphatic carbocycles. The third-order valence-corrected chi connectivity index (χ3v) is 5.69. The Morgan fingerprint density at radius 1 is 1.00 bits per heavy atom. The Hall–Kier alpha value is -2.40. The number of amides is 1. The monoisotopic (exact) mass is 412 g/mol. The lowest BCUT2D eigenvalue weighted by Gasteiger charge is -2.29. The van der Waals surface area contributed by atoms with E-state index in [0.29, 0.717) is 31.0 Å². The number of benzene rings is 2. The number of hydrogen-bond donors (Lipinski definition) is 0. The van der Waals surface area contributed by atoms with Crippen LogP contribution in [0.4, 0.5) is 4.39 Å². The summed E-state index contributed by atoms with van der Waals surface area (Å²) in [4.78, 5) is 16.9. The molecule has 0 radical (unpaired) electrons. The van der Waals surface area contributed by atoms with Crippen molar-refractivity contribution in [1.29, 1.82) is 0 Å². The van der Waals surface area contributed by atoms with Crippen LogP contribution in [-0.4, -0.2) is 48.5 Å². The summed E-state index contributed by atoms with van der Waals surface area (Å²) in [5, 5.41) is 0. The Bertz CT molecular complexity index is 838. The first-order chi connectivity index (χ1) is 14.6. The van der Waals surface area contributed by atoms with Crippen LogP contribution in [0.25, 0.3) is 0 Å². The second-order valence-corrected chi connectivity index (χ2v) is 7.93. The lowest BCUT2D eigenvalue weighted by Crippen LogP contribution is -2.36. The Kier molecular flexibility index (Phi) is 8.26. The standard InChI is InChI=1S/C21H23FN2O2.C4H10/c22-18-6-7-20-19(14-18)21(25)24(12-13-26-20)10-3-9-23-11-8-16-4-1-2-5-17(16)15-23;1-3-4-2/h1-2,4-7,14H,3,8-13,15H2;3-4H2,1-2H3. The number of rotatable bonds is 5. The number of carbonyl (C=O) groups excluding carboxylic acids is 1. The molecule has 0 unspecified atom stereocenters. The zero-order valence-electron chi connectivity index (χ0n) is 18.2. The molecule has 2 aromatic rings. The number of unbranched alkanes of at least 4 members (excludes halogenated alkanes) is 1. The molecular formula is C25H33FN2O2. The normalized spacial score (nSPS) is 16.0. The predicted molar refractivity (Wildman–Crippen MR) is 118 cm³/mol. The van der Waals surface area contributed by atoms with Gasteiger partial charge in [-0.05, 0) is 42.2 Å². The summed E-state index contributed by atoms with van der Waals surface area (Å²) >= 11 is 0. The molecule has 4 rings (SSSR count). The highest BCUT2D eigenvalue weighted by Crippen LogP contribution is 2.24. The largest absolute Gasteiger partial charge is 0.491 e. The van der Waals surface area contributed by atoms with Crippen molar-refractivity contribution in [1.82, 2.24) is 9.80 Å². The van der Waals surface area contributed by atoms with E-state index in [0.717, 1.165) is 32.5 Å². The van der Waals surface area contributed by atoms with Crippen molar-refractivity contribution in [3.63, 3.8) is 0 Å². The van der Waals surface area contributed by atoms with Crippen molar-refractivity contribution in [2.45, 2.75) is 46.1 Å². The smallest absolute Gasteiger partial charge is 0.257 e. The van der Waals surface area contributed by atoms with Crippen molar-refractivity contribution in [2.75, 3.05) is 32.8 Å². The van der Waals surface area contributed by atoms with Crippen LogP contribution in [0.2, 0.25) is 0 Å². The second kappa shape index (κ2) is 11.1. The van der Waals surface area contributed by atoms with E-state index in [1.807, 2.05) is 0 Å². The lowest BCUT2D eigenvalue weighted by atomic mass is 10.00. The summed E-state index contributed by atoms with van der Waals surface area (Å²) in [6.07, 6.45) is 4.62. The number of fused-ring (bicyclic) bond motifs is 2. The van der Waals surface area contributed by atoms with Gasteiger partial charge in [-0.3, -0.25) is 9.69 Å². The molecule has 2 heterocycles. The Morgan fingerprint density at radius 3 is 2.53 bits per heavy atom. The predicted octanol–water partition coefficient (Wildman–Crippen LogP) is 4.92. The summed E-state index contributed by atoms with van der Waals surface area (Å²) in [6, 6.07) is 12.7. The van der Waals surface area contributed by atoms with Crippen molar-refractivity contribution < 1.29 is 13.9 Å².